The molecule has 1 saturated heterocycles. The highest BCUT2D eigenvalue weighted by atomic mass is 16.1. The van der Waals surface area contributed by atoms with Gasteiger partial charge in [-0.2, -0.15) is 5.10 Å². The highest BCUT2D eigenvalue weighted by molar-refractivity contribution is 5.51. The molecule has 180 valence electrons. The molecular weight excluding hydrogens is 406 g/mol. The normalized spacial score (nSPS) is 20.7. The van der Waals surface area contributed by atoms with Gasteiger partial charge in [-0.1, -0.05) is 51.5 Å². The van der Waals surface area contributed by atoms with Gasteiger partial charge in [-0.25, -0.2) is 0 Å². The molecule has 1 aliphatic heterocycles. The zero-order valence-corrected chi connectivity index (χ0v) is 21.0. The van der Waals surface area contributed by atoms with Gasteiger partial charge in [-0.05, 0) is 92.0 Å². The van der Waals surface area contributed by atoms with E-state index in [1.807, 2.05) is 20.0 Å². The fraction of sp³-hybridized carbons (Fsp3) is 0.655. The molecule has 5 rings (SSSR count). The minimum atomic E-state index is 0.204. The Hall–Kier alpha value is -1.94. The van der Waals surface area contributed by atoms with E-state index in [9.17, 15) is 4.79 Å². The third kappa shape index (κ3) is 6.35. The Labute approximate surface area is 200 Å². The second-order valence-electron chi connectivity index (χ2n) is 11.2. The fourth-order valence-corrected chi connectivity index (χ4v) is 5.74. The minimum absolute atomic E-state index is 0.204. The van der Waals surface area contributed by atoms with E-state index in [1.54, 1.807) is 5.56 Å². The molecule has 3 aliphatic rings. The summed E-state index contributed by atoms with van der Waals surface area (Å²) in [4.78, 5) is 12.1. The molecule has 33 heavy (non-hydrogen) atoms. The van der Waals surface area contributed by atoms with Crippen LogP contribution in [0.1, 0.15) is 88.3 Å². The van der Waals surface area contributed by atoms with Crippen LogP contribution >= 0.6 is 0 Å². The maximum atomic E-state index is 9.50. The Morgan fingerprint density at radius 3 is 2.27 bits per heavy atom. The van der Waals surface area contributed by atoms with Crippen LogP contribution in [0.15, 0.2) is 36.7 Å². The largest absolute Gasteiger partial charge is 0.303 e. The number of aryl methyl sites for hydroxylation is 1. The molecule has 2 saturated carbocycles. The maximum absolute atomic E-state index is 9.50. The summed E-state index contributed by atoms with van der Waals surface area (Å²) in [7, 11) is 0. The number of piperidine rings is 1. The van der Waals surface area contributed by atoms with Gasteiger partial charge in [0.2, 0.25) is 0 Å². The van der Waals surface area contributed by atoms with Gasteiger partial charge in [0, 0.05) is 25.2 Å². The number of nitrogens with zero attached hydrogens (tertiary/aromatic N) is 3. The third-order valence-corrected chi connectivity index (χ3v) is 8.15. The van der Waals surface area contributed by atoms with Crippen LogP contribution < -0.4 is 0 Å². The third-order valence-electron chi connectivity index (χ3n) is 8.15. The van der Waals surface area contributed by atoms with Crippen LogP contribution in [0.5, 0.6) is 0 Å². The summed E-state index contributed by atoms with van der Waals surface area (Å²) in [6.45, 7) is 10.6. The van der Waals surface area contributed by atoms with Gasteiger partial charge in [0.05, 0.1) is 6.20 Å². The monoisotopic (exact) mass is 449 g/mol. The van der Waals surface area contributed by atoms with Gasteiger partial charge >= 0.3 is 0 Å². The smallest absolute Gasteiger partial charge is 0.122 e. The molecule has 1 aromatic carbocycles. The van der Waals surface area contributed by atoms with Crippen molar-refractivity contribution in [3.05, 3.63) is 53.3 Å². The van der Waals surface area contributed by atoms with E-state index in [0.29, 0.717) is 0 Å². The summed E-state index contributed by atoms with van der Waals surface area (Å²) < 4.78 is 2.16. The fourth-order valence-electron chi connectivity index (χ4n) is 5.74. The number of likely N-dealkylation sites (tertiary alicyclic amines) is 1. The summed E-state index contributed by atoms with van der Waals surface area (Å²) in [5.74, 6) is 1.83. The van der Waals surface area contributed by atoms with Crippen molar-refractivity contribution in [1.29, 1.82) is 0 Å². The van der Waals surface area contributed by atoms with Crippen LogP contribution in [0.3, 0.4) is 0 Å². The van der Waals surface area contributed by atoms with Crippen LogP contribution in [0.25, 0.3) is 0 Å². The first-order valence-electron chi connectivity index (χ1n) is 13.3. The number of rotatable bonds is 7. The molecule has 2 aromatic rings. The Morgan fingerprint density at radius 2 is 1.76 bits per heavy atom. The first kappa shape index (κ1) is 24.2. The molecule has 0 bridgehead atoms. The first-order valence-corrected chi connectivity index (χ1v) is 13.3. The van der Waals surface area contributed by atoms with Gasteiger partial charge < -0.3 is 4.79 Å². The Morgan fingerprint density at radius 1 is 1.09 bits per heavy atom. The van der Waals surface area contributed by atoms with E-state index in [-0.39, 0.29) is 5.92 Å². The first-order chi connectivity index (χ1) is 16.0. The topological polar surface area (TPSA) is 38.1 Å². The van der Waals surface area contributed by atoms with Crippen molar-refractivity contribution >= 4 is 6.29 Å². The lowest BCUT2D eigenvalue weighted by Crippen LogP contribution is -2.41. The van der Waals surface area contributed by atoms with Gasteiger partial charge in [0.15, 0.2) is 0 Å². The predicted octanol–water partition coefficient (Wildman–Crippen LogP) is 6.25. The van der Waals surface area contributed by atoms with Gasteiger partial charge in [-0.15, -0.1) is 0 Å². The molecule has 1 aromatic heterocycles. The molecule has 4 nitrogen and oxygen atoms in total. The van der Waals surface area contributed by atoms with Crippen LogP contribution in [0.4, 0.5) is 0 Å². The standard InChI is InChI=1S/C25H35N3.C4H8O/c1-2-20-16-26-28(18-20)19-22-8-12-27(13-9-22)17-21-4-6-23(7-5-21)24-14-25(15-24)10-3-11-25;1-4(2)3-5/h4-7,16,18,22,24H,2-3,8-15,17,19H2,1H3;3-4H,1-2H3. The summed E-state index contributed by atoms with van der Waals surface area (Å²) in [5, 5.41) is 4.52. The summed E-state index contributed by atoms with van der Waals surface area (Å²) >= 11 is 0. The zero-order chi connectivity index (χ0) is 23.3. The molecule has 2 heterocycles. The van der Waals surface area contributed by atoms with E-state index >= 15 is 0 Å². The van der Waals surface area contributed by atoms with Crippen molar-refractivity contribution in [3.8, 4) is 0 Å². The molecule has 2 aliphatic carbocycles. The lowest BCUT2D eigenvalue weighted by Gasteiger charge is -2.54. The predicted molar refractivity (Wildman–Crippen MR) is 135 cm³/mol. The average Bonchev–Trinajstić information content (AvgIpc) is 3.22. The second kappa shape index (κ2) is 11.0. The molecular formula is C29H43N3O. The van der Waals surface area contributed by atoms with Crippen molar-refractivity contribution in [3.63, 3.8) is 0 Å². The van der Waals surface area contributed by atoms with Crippen molar-refractivity contribution < 1.29 is 4.79 Å². The Balaban J connectivity index is 0.000000471. The van der Waals surface area contributed by atoms with Gasteiger partial charge in [-0.3, -0.25) is 9.58 Å². The van der Waals surface area contributed by atoms with Crippen molar-refractivity contribution in [2.75, 3.05) is 13.1 Å². The maximum Gasteiger partial charge on any atom is 0.122 e. The minimum Gasteiger partial charge on any atom is -0.303 e. The quantitative estimate of drug-likeness (QED) is 0.469. The van der Waals surface area contributed by atoms with Crippen molar-refractivity contribution in [1.82, 2.24) is 14.7 Å². The molecule has 0 N–H and O–H groups in total. The Bertz CT molecular complexity index is 865. The number of aldehydes is 1. The van der Waals surface area contributed by atoms with Gasteiger partial charge in [0.1, 0.15) is 6.29 Å². The SMILES string of the molecule is CC(C)C=O.CCc1cnn(CC2CCN(Cc3ccc(C4CC5(CCC5)C4)cc3)CC2)c1. The number of benzene rings is 1. The van der Waals surface area contributed by atoms with Crippen LogP contribution in [-0.2, 0) is 24.3 Å². The number of carbonyl (C=O) groups is 1. The highest BCUT2D eigenvalue weighted by Crippen LogP contribution is 2.61. The molecule has 0 atom stereocenters. The molecule has 0 unspecified atom stereocenters. The zero-order valence-electron chi connectivity index (χ0n) is 21.0. The highest BCUT2D eigenvalue weighted by Gasteiger charge is 2.48. The van der Waals surface area contributed by atoms with Crippen LogP contribution in [0, 0.1) is 17.3 Å². The summed E-state index contributed by atoms with van der Waals surface area (Å²) in [5.41, 5.74) is 5.21. The lowest BCUT2D eigenvalue weighted by atomic mass is 9.51. The summed E-state index contributed by atoms with van der Waals surface area (Å²) in [6.07, 6.45) is 16.2. The number of carbonyl (C=O) groups excluding carboxylic acids is 1. The van der Waals surface area contributed by atoms with Crippen molar-refractivity contribution in [2.24, 2.45) is 17.3 Å². The van der Waals surface area contributed by atoms with E-state index < -0.39 is 0 Å². The number of hydrogen-bond acceptors (Lipinski definition) is 3. The number of aromatic nitrogens is 2. The van der Waals surface area contributed by atoms with Crippen LogP contribution in [-0.4, -0.2) is 34.1 Å². The van der Waals surface area contributed by atoms with Gasteiger partial charge in [0.25, 0.3) is 0 Å². The Kier molecular flexibility index (Phi) is 8.06. The van der Waals surface area contributed by atoms with Crippen LogP contribution in [0.2, 0.25) is 0 Å². The molecule has 0 amide bonds. The van der Waals surface area contributed by atoms with Crippen molar-refractivity contribution in [2.45, 2.75) is 91.1 Å². The average molecular weight is 450 g/mol. The van der Waals surface area contributed by atoms with E-state index in [4.69, 9.17) is 0 Å². The summed E-state index contributed by atoms with van der Waals surface area (Å²) in [6, 6.07) is 9.62. The van der Waals surface area contributed by atoms with E-state index in [1.165, 1.54) is 69.2 Å². The molecule has 0 radical (unpaired) electrons. The second-order valence-corrected chi connectivity index (χ2v) is 11.2. The molecule has 1 spiro atoms. The van der Waals surface area contributed by atoms with E-state index in [2.05, 4.69) is 52.1 Å². The lowest BCUT2D eigenvalue weighted by molar-refractivity contribution is -0.110. The molecule has 3 fully saturated rings. The van der Waals surface area contributed by atoms with E-state index in [0.717, 1.165) is 43.0 Å². The molecule has 4 heteroatoms. The number of hydrogen-bond donors (Lipinski definition) is 0.